The highest BCUT2D eigenvalue weighted by Crippen LogP contribution is 2.38. The molecule has 2 aromatic rings. The second-order valence-electron chi connectivity index (χ2n) is 7.08. The number of rotatable bonds is 6. The van der Waals surface area contributed by atoms with E-state index in [9.17, 15) is 18.1 Å². The van der Waals surface area contributed by atoms with Gasteiger partial charge in [-0.25, -0.2) is 23.1 Å². The van der Waals surface area contributed by atoms with E-state index in [1.165, 1.54) is 28.1 Å². The Morgan fingerprint density at radius 3 is 2.66 bits per heavy atom. The fourth-order valence-electron chi connectivity index (χ4n) is 3.46. The minimum absolute atomic E-state index is 0.00901. The van der Waals surface area contributed by atoms with E-state index in [0.717, 1.165) is 0 Å². The number of benzene rings is 1. The number of halogens is 2. The van der Waals surface area contributed by atoms with E-state index < -0.39 is 32.2 Å². The highest BCUT2D eigenvalue weighted by Gasteiger charge is 2.33. The van der Waals surface area contributed by atoms with E-state index in [0.29, 0.717) is 24.5 Å². The Morgan fingerprint density at radius 1 is 1.25 bits per heavy atom. The van der Waals surface area contributed by atoms with Gasteiger partial charge in [0.1, 0.15) is 11.9 Å². The van der Waals surface area contributed by atoms with Crippen LogP contribution in [0.25, 0.3) is 11.1 Å². The molecule has 1 atom stereocenters. The minimum atomic E-state index is -4.70. The summed E-state index contributed by atoms with van der Waals surface area (Å²) in [7, 11) is -4.70. The van der Waals surface area contributed by atoms with Crippen LogP contribution in [0.2, 0.25) is 0 Å². The second kappa shape index (κ2) is 8.47. The van der Waals surface area contributed by atoms with Crippen LogP contribution in [0.3, 0.4) is 0 Å². The molecule has 2 aliphatic rings. The van der Waals surface area contributed by atoms with Gasteiger partial charge < -0.3 is 24.7 Å². The fraction of sp³-hybridized carbons (Fsp3) is 0.263. The molecule has 13 heteroatoms. The molecule has 2 fully saturated rings. The van der Waals surface area contributed by atoms with Crippen molar-refractivity contribution in [2.75, 3.05) is 36.0 Å². The van der Waals surface area contributed by atoms with Crippen LogP contribution in [-0.4, -0.2) is 53.1 Å². The Morgan fingerprint density at radius 2 is 2.03 bits per heavy atom. The molecule has 0 unspecified atom stereocenters. The van der Waals surface area contributed by atoms with Gasteiger partial charge in [-0.2, -0.15) is 0 Å². The third-order valence-electron chi connectivity index (χ3n) is 4.96. The van der Waals surface area contributed by atoms with Crippen molar-refractivity contribution in [3.05, 3.63) is 54.6 Å². The first-order chi connectivity index (χ1) is 15.1. The second-order valence-corrected chi connectivity index (χ2v) is 8.32. The van der Waals surface area contributed by atoms with Gasteiger partial charge in [-0.1, -0.05) is 0 Å². The van der Waals surface area contributed by atoms with Crippen LogP contribution < -0.4 is 15.1 Å². The molecule has 0 aliphatic carbocycles. The largest absolute Gasteiger partial charge is 0.472 e. The van der Waals surface area contributed by atoms with Crippen LogP contribution in [0.15, 0.2) is 42.9 Å². The van der Waals surface area contributed by atoms with Gasteiger partial charge in [-0.3, -0.25) is 9.42 Å². The van der Waals surface area contributed by atoms with Gasteiger partial charge in [0.15, 0.2) is 17.5 Å². The molecule has 170 valence electrons. The van der Waals surface area contributed by atoms with Crippen molar-refractivity contribution in [2.24, 2.45) is 0 Å². The van der Waals surface area contributed by atoms with Crippen LogP contribution >= 0.6 is 7.82 Å². The molecule has 2 saturated heterocycles. The maximum absolute atomic E-state index is 14.9. The molecule has 3 N–H and O–H groups in total. The predicted octanol–water partition coefficient (Wildman–Crippen LogP) is 2.34. The Hall–Kier alpha value is -3.05. The maximum atomic E-state index is 14.9. The highest BCUT2D eigenvalue weighted by atomic mass is 31.2. The maximum Gasteiger partial charge on any atom is 0.469 e. The van der Waals surface area contributed by atoms with Gasteiger partial charge in [0.25, 0.3) is 0 Å². The summed E-state index contributed by atoms with van der Waals surface area (Å²) in [4.78, 5) is 36.2. The number of hydrogen-bond acceptors (Lipinski definition) is 6. The number of urea groups is 1. The summed E-state index contributed by atoms with van der Waals surface area (Å²) in [6.07, 6.45) is 0.531. The van der Waals surface area contributed by atoms with E-state index in [-0.39, 0.29) is 29.7 Å². The summed E-state index contributed by atoms with van der Waals surface area (Å²) in [5.41, 5.74) is 0.150. The normalized spacial score (nSPS) is 18.8. The smallest absolute Gasteiger partial charge is 0.469 e. The monoisotopic (exact) mass is 468 g/mol. The zero-order valence-electron chi connectivity index (χ0n) is 16.6. The zero-order valence-corrected chi connectivity index (χ0v) is 17.5. The van der Waals surface area contributed by atoms with Crippen LogP contribution in [0, 0.1) is 11.6 Å². The number of carbonyl (C=O) groups excluding carboxylic acids is 1. The predicted molar refractivity (Wildman–Crippen MR) is 110 cm³/mol. The van der Waals surface area contributed by atoms with Crippen LogP contribution in [-0.2, 0) is 13.8 Å². The average molecular weight is 468 g/mol. The number of anilines is 2. The minimum Gasteiger partial charge on any atom is -0.472 e. The van der Waals surface area contributed by atoms with Gasteiger partial charge in [-0.05, 0) is 30.8 Å². The van der Waals surface area contributed by atoms with Gasteiger partial charge >= 0.3 is 13.9 Å². The van der Waals surface area contributed by atoms with Crippen molar-refractivity contribution in [2.45, 2.75) is 6.10 Å². The van der Waals surface area contributed by atoms with Crippen molar-refractivity contribution in [3.8, 4) is 11.1 Å². The van der Waals surface area contributed by atoms with Crippen molar-refractivity contribution >= 4 is 25.4 Å². The third kappa shape index (κ3) is 4.44. The summed E-state index contributed by atoms with van der Waals surface area (Å²) in [5.74, 6) is -1.87. The van der Waals surface area contributed by atoms with Crippen LogP contribution in [0.1, 0.15) is 0 Å². The fourth-order valence-corrected chi connectivity index (χ4v) is 3.82. The molecule has 4 rings (SSSR count). The lowest BCUT2D eigenvalue weighted by molar-refractivity contribution is 0.0888. The zero-order chi connectivity index (χ0) is 23.0. The first kappa shape index (κ1) is 22.2. The Bertz CT molecular complexity index is 1110. The number of ether oxygens (including phenoxy) is 1. The number of aromatic nitrogens is 1. The number of carbonyl (C=O) groups is 1. The van der Waals surface area contributed by atoms with Gasteiger partial charge in [-0.15, -0.1) is 0 Å². The molecule has 1 aromatic carbocycles. The van der Waals surface area contributed by atoms with E-state index in [1.54, 1.807) is 12.1 Å². The number of nitrogens with zero attached hydrogens (tertiary/aromatic N) is 3. The number of nitrogens with one attached hydrogen (secondary N) is 1. The molecule has 0 bridgehead atoms. The summed E-state index contributed by atoms with van der Waals surface area (Å²) in [6.45, 7) is 4.11. The molecule has 0 saturated carbocycles. The highest BCUT2D eigenvalue weighted by molar-refractivity contribution is 7.46. The molecule has 3 heterocycles. The molecule has 32 heavy (non-hydrogen) atoms. The van der Waals surface area contributed by atoms with E-state index in [1.807, 2.05) is 0 Å². The molecule has 0 spiro atoms. The Labute approximate surface area is 181 Å². The van der Waals surface area contributed by atoms with Crippen molar-refractivity contribution < 1.29 is 37.2 Å². The number of amides is 2. The Kier molecular flexibility index (Phi) is 5.87. The SMILES string of the molecule is C=C1O[C@@H](COP(=O)(O)O)CN1c1ccc(-c2ccc(N3CCNC3=O)nc2)c(F)c1F. The van der Waals surface area contributed by atoms with Gasteiger partial charge in [0, 0.05) is 30.4 Å². The summed E-state index contributed by atoms with van der Waals surface area (Å²) in [5, 5.41) is 2.65. The number of pyridine rings is 1. The quantitative estimate of drug-likeness (QED) is 0.552. The van der Waals surface area contributed by atoms with Crippen molar-refractivity contribution in [3.63, 3.8) is 0 Å². The van der Waals surface area contributed by atoms with Crippen molar-refractivity contribution in [1.29, 1.82) is 0 Å². The molecule has 2 amide bonds. The average Bonchev–Trinajstić information content (AvgIpc) is 3.33. The summed E-state index contributed by atoms with van der Waals surface area (Å²) < 4.78 is 50.4. The van der Waals surface area contributed by atoms with Crippen LogP contribution in [0.4, 0.5) is 25.1 Å². The molecule has 10 nitrogen and oxygen atoms in total. The topological polar surface area (TPSA) is 124 Å². The standard InChI is InChI=1S/C19H19F2N4O6P/c1-11-25(9-13(31-11)10-30-32(27,28)29)15-4-3-14(17(20)18(15)21)12-2-5-16(23-8-12)24-7-6-22-19(24)26/h2-5,8,13H,1,6-7,9-10H2,(H,22,26)(H2,27,28,29)/t13-/m1/s1. The summed E-state index contributed by atoms with van der Waals surface area (Å²) in [6, 6.07) is 5.53. The van der Waals surface area contributed by atoms with Gasteiger partial charge in [0.05, 0.1) is 18.8 Å². The summed E-state index contributed by atoms with van der Waals surface area (Å²) >= 11 is 0. The third-order valence-corrected chi connectivity index (χ3v) is 5.45. The van der Waals surface area contributed by atoms with E-state index in [2.05, 4.69) is 21.4 Å². The van der Waals surface area contributed by atoms with Crippen LogP contribution in [0.5, 0.6) is 0 Å². The molecular weight excluding hydrogens is 449 g/mol. The molecular formula is C19H19F2N4O6P. The molecule has 0 radical (unpaired) electrons. The first-order valence-corrected chi connectivity index (χ1v) is 11.0. The lowest BCUT2D eigenvalue weighted by Gasteiger charge is -2.19. The molecule has 1 aromatic heterocycles. The number of phosphoric acid groups is 1. The lowest BCUT2D eigenvalue weighted by Crippen LogP contribution is -2.28. The molecule has 2 aliphatic heterocycles. The Balaban J connectivity index is 1.53. The van der Waals surface area contributed by atoms with E-state index >= 15 is 0 Å². The first-order valence-electron chi connectivity index (χ1n) is 9.47. The van der Waals surface area contributed by atoms with Gasteiger partial charge in [0.2, 0.25) is 0 Å². The number of hydrogen-bond donors (Lipinski definition) is 3. The lowest BCUT2D eigenvalue weighted by atomic mass is 10.1. The van der Waals surface area contributed by atoms with E-state index in [4.69, 9.17) is 14.5 Å². The van der Waals surface area contributed by atoms with Crippen molar-refractivity contribution in [1.82, 2.24) is 10.3 Å². The number of phosphoric ester groups is 1.